The number of likely N-dealkylation sites (tertiary alicyclic amines) is 1. The largest absolute Gasteiger partial charge is 0.497 e. The van der Waals surface area contributed by atoms with Crippen LogP contribution >= 0.6 is 0 Å². The molecule has 8 heteroatoms. The maximum Gasteiger partial charge on any atom is 0.267 e. The van der Waals surface area contributed by atoms with Crippen molar-refractivity contribution in [3.8, 4) is 5.75 Å². The maximum absolute atomic E-state index is 11.0. The molecule has 1 atom stereocenters. The fourth-order valence-corrected chi connectivity index (χ4v) is 3.14. The second-order valence-corrected chi connectivity index (χ2v) is 6.66. The average molecular weight is 383 g/mol. The Bertz CT molecular complexity index is 792. The quantitative estimate of drug-likeness (QED) is 0.363. The Labute approximate surface area is 164 Å². The zero-order valence-corrected chi connectivity index (χ0v) is 15.8. The normalized spacial score (nSPS) is 17.0. The number of methoxy groups -OCH3 is 1. The van der Waals surface area contributed by atoms with E-state index >= 15 is 0 Å². The number of nitrogens with zero attached hydrogens (tertiary/aromatic N) is 3. The van der Waals surface area contributed by atoms with Crippen LogP contribution in [0.15, 0.2) is 42.7 Å². The highest BCUT2D eigenvalue weighted by molar-refractivity contribution is 5.90. The molecule has 148 valence electrons. The molecule has 8 nitrogen and oxygen atoms in total. The Morgan fingerprint density at radius 2 is 2.14 bits per heavy atom. The molecule has 3 rings (SSSR count). The highest BCUT2D eigenvalue weighted by atomic mass is 16.5. The van der Waals surface area contributed by atoms with E-state index in [9.17, 15) is 4.79 Å². The number of amides is 1. The molecule has 0 radical (unpaired) electrons. The van der Waals surface area contributed by atoms with Crippen molar-refractivity contribution >= 4 is 17.8 Å². The summed E-state index contributed by atoms with van der Waals surface area (Å²) in [5.41, 5.74) is 3.38. The van der Waals surface area contributed by atoms with Crippen LogP contribution < -0.4 is 15.5 Å². The number of anilines is 1. The minimum absolute atomic E-state index is 0.340. The first-order chi connectivity index (χ1) is 13.7. The zero-order valence-electron chi connectivity index (χ0n) is 15.8. The number of carbonyl (C=O) groups excluding carboxylic acids is 1. The lowest BCUT2D eigenvalue weighted by Gasteiger charge is -2.17. The summed E-state index contributed by atoms with van der Waals surface area (Å²) in [6, 6.07) is 8.56. The number of benzene rings is 1. The molecule has 2 heterocycles. The molecule has 3 N–H and O–H groups in total. The molecule has 1 aromatic heterocycles. The fraction of sp³-hybridized carbons (Fsp3) is 0.350. The summed E-state index contributed by atoms with van der Waals surface area (Å²) in [4.78, 5) is 22.0. The maximum atomic E-state index is 11.0. The molecule has 1 aromatic carbocycles. The first-order valence-corrected chi connectivity index (χ1v) is 9.22. The van der Waals surface area contributed by atoms with Gasteiger partial charge in [0.15, 0.2) is 0 Å². The van der Waals surface area contributed by atoms with Crippen LogP contribution in [-0.2, 0) is 11.2 Å². The molecule has 0 aliphatic carbocycles. The van der Waals surface area contributed by atoms with Crippen LogP contribution in [0.2, 0.25) is 0 Å². The van der Waals surface area contributed by atoms with E-state index in [2.05, 4.69) is 32.3 Å². The minimum Gasteiger partial charge on any atom is -0.497 e. The van der Waals surface area contributed by atoms with Gasteiger partial charge in [-0.2, -0.15) is 0 Å². The van der Waals surface area contributed by atoms with Gasteiger partial charge in [-0.3, -0.25) is 15.0 Å². The van der Waals surface area contributed by atoms with Crippen LogP contribution in [-0.4, -0.2) is 58.8 Å². The standard InChI is InChI=1S/C20H25N5O3/c1-28-18-5-2-15(3-6-18)8-10-25-11-9-17(14-25)23-19-13-21-16(12-22-19)4-7-20(26)24-27/h2-7,12-13,17,27H,8-11,14H2,1H3,(H,22,23)(H,24,26)/b7-4+/t17-/m1/s1. The second-order valence-electron chi connectivity index (χ2n) is 6.66. The van der Waals surface area contributed by atoms with Gasteiger partial charge in [-0.25, -0.2) is 10.5 Å². The molecule has 1 amide bonds. The highest BCUT2D eigenvalue weighted by Gasteiger charge is 2.22. The van der Waals surface area contributed by atoms with Gasteiger partial charge in [-0.1, -0.05) is 12.1 Å². The molecular weight excluding hydrogens is 358 g/mol. The van der Waals surface area contributed by atoms with Gasteiger partial charge in [-0.15, -0.1) is 0 Å². The fourth-order valence-electron chi connectivity index (χ4n) is 3.14. The molecule has 1 aliphatic heterocycles. The Morgan fingerprint density at radius 3 is 2.82 bits per heavy atom. The number of carbonyl (C=O) groups is 1. The van der Waals surface area contributed by atoms with Crippen LogP contribution in [0, 0.1) is 0 Å². The van der Waals surface area contributed by atoms with Gasteiger partial charge in [0.2, 0.25) is 0 Å². The number of rotatable bonds is 8. The van der Waals surface area contributed by atoms with Crippen molar-refractivity contribution in [3.05, 3.63) is 54.0 Å². The number of ether oxygens (including phenoxy) is 1. The molecule has 2 aromatic rings. The number of aromatic nitrogens is 2. The Morgan fingerprint density at radius 1 is 1.32 bits per heavy atom. The predicted octanol–water partition coefficient (Wildman–Crippen LogP) is 1.73. The SMILES string of the molecule is COc1ccc(CCN2CC[C@@H](Nc3cnc(/C=C/C(=O)NO)cn3)C2)cc1. The number of hydrogen-bond donors (Lipinski definition) is 3. The van der Waals surface area contributed by atoms with Gasteiger partial charge in [0.1, 0.15) is 11.6 Å². The first-order valence-electron chi connectivity index (χ1n) is 9.22. The van der Waals surface area contributed by atoms with E-state index in [1.165, 1.54) is 23.2 Å². The highest BCUT2D eigenvalue weighted by Crippen LogP contribution is 2.16. The summed E-state index contributed by atoms with van der Waals surface area (Å²) >= 11 is 0. The molecule has 28 heavy (non-hydrogen) atoms. The van der Waals surface area contributed by atoms with E-state index in [0.29, 0.717) is 17.6 Å². The molecule has 0 unspecified atom stereocenters. The van der Waals surface area contributed by atoms with Crippen molar-refractivity contribution in [3.63, 3.8) is 0 Å². The van der Waals surface area contributed by atoms with E-state index in [4.69, 9.17) is 9.94 Å². The van der Waals surface area contributed by atoms with Crippen molar-refractivity contribution < 1.29 is 14.7 Å². The number of hydrogen-bond acceptors (Lipinski definition) is 7. The monoisotopic (exact) mass is 383 g/mol. The summed E-state index contributed by atoms with van der Waals surface area (Å²) in [6.45, 7) is 3.04. The van der Waals surface area contributed by atoms with E-state index < -0.39 is 5.91 Å². The van der Waals surface area contributed by atoms with Crippen molar-refractivity contribution in [1.29, 1.82) is 0 Å². The lowest BCUT2D eigenvalue weighted by molar-refractivity contribution is -0.124. The number of hydroxylamine groups is 1. The van der Waals surface area contributed by atoms with Gasteiger partial charge in [0.05, 0.1) is 25.2 Å². The molecule has 0 bridgehead atoms. The molecule has 1 saturated heterocycles. The van der Waals surface area contributed by atoms with Crippen molar-refractivity contribution in [2.24, 2.45) is 0 Å². The molecule has 0 spiro atoms. The van der Waals surface area contributed by atoms with E-state index in [1.54, 1.807) is 19.5 Å². The molecule has 0 saturated carbocycles. The van der Waals surface area contributed by atoms with Crippen LogP contribution in [0.5, 0.6) is 5.75 Å². The third-order valence-electron chi connectivity index (χ3n) is 4.69. The van der Waals surface area contributed by atoms with E-state index in [1.807, 2.05) is 12.1 Å². The van der Waals surface area contributed by atoms with E-state index in [0.717, 1.165) is 38.2 Å². The third kappa shape index (κ3) is 5.77. The van der Waals surface area contributed by atoms with Crippen LogP contribution in [0.3, 0.4) is 0 Å². The van der Waals surface area contributed by atoms with Crippen molar-refractivity contribution in [1.82, 2.24) is 20.3 Å². The minimum atomic E-state index is -0.607. The average Bonchev–Trinajstić information content (AvgIpc) is 3.19. The van der Waals surface area contributed by atoms with Gasteiger partial charge >= 0.3 is 0 Å². The molecule has 1 aliphatic rings. The smallest absolute Gasteiger partial charge is 0.267 e. The molecular formula is C20H25N5O3. The molecule has 1 fully saturated rings. The lowest BCUT2D eigenvalue weighted by Crippen LogP contribution is -2.28. The topological polar surface area (TPSA) is 99.6 Å². The first kappa shape index (κ1) is 19.8. The predicted molar refractivity (Wildman–Crippen MR) is 106 cm³/mol. The second kappa shape index (κ2) is 9.82. The van der Waals surface area contributed by atoms with Crippen LogP contribution in [0.25, 0.3) is 6.08 Å². The summed E-state index contributed by atoms with van der Waals surface area (Å²) in [5, 5.41) is 11.9. The van der Waals surface area contributed by atoms with Gasteiger partial charge in [0.25, 0.3) is 5.91 Å². The third-order valence-corrected chi connectivity index (χ3v) is 4.69. The van der Waals surface area contributed by atoms with E-state index in [-0.39, 0.29) is 0 Å². The Hall–Kier alpha value is -2.97. The van der Waals surface area contributed by atoms with Crippen LogP contribution in [0.4, 0.5) is 5.82 Å². The van der Waals surface area contributed by atoms with Gasteiger partial charge in [-0.05, 0) is 36.6 Å². The Balaban J connectivity index is 1.43. The zero-order chi connectivity index (χ0) is 19.8. The lowest BCUT2D eigenvalue weighted by atomic mass is 10.1. The van der Waals surface area contributed by atoms with Gasteiger partial charge < -0.3 is 15.0 Å². The summed E-state index contributed by atoms with van der Waals surface area (Å²) < 4.78 is 5.19. The van der Waals surface area contributed by atoms with Gasteiger partial charge in [0, 0.05) is 31.8 Å². The van der Waals surface area contributed by atoms with Crippen molar-refractivity contribution in [2.45, 2.75) is 18.9 Å². The van der Waals surface area contributed by atoms with Crippen molar-refractivity contribution in [2.75, 3.05) is 32.1 Å². The van der Waals surface area contributed by atoms with Crippen LogP contribution in [0.1, 0.15) is 17.7 Å². The summed E-state index contributed by atoms with van der Waals surface area (Å²) in [7, 11) is 1.68. The summed E-state index contributed by atoms with van der Waals surface area (Å²) in [6.07, 6.45) is 7.98. The number of nitrogens with one attached hydrogen (secondary N) is 2. The summed E-state index contributed by atoms with van der Waals surface area (Å²) in [5.74, 6) is 0.990. The Kier molecular flexibility index (Phi) is 6.94.